The van der Waals surface area contributed by atoms with E-state index < -0.39 is 0 Å². The van der Waals surface area contributed by atoms with Gasteiger partial charge in [0.1, 0.15) is 0 Å². The molecule has 1 aromatic heterocycles. The predicted octanol–water partition coefficient (Wildman–Crippen LogP) is 3.40. The van der Waals surface area contributed by atoms with E-state index in [1.54, 1.807) is 5.56 Å². The quantitative estimate of drug-likeness (QED) is 0.626. The molecule has 0 amide bonds. The third-order valence-corrected chi connectivity index (χ3v) is 2.67. The lowest BCUT2D eigenvalue weighted by molar-refractivity contribution is 0.794. The Morgan fingerprint density at radius 1 is 1.40 bits per heavy atom. The lowest BCUT2D eigenvalue weighted by Crippen LogP contribution is -1.82. The highest BCUT2D eigenvalue weighted by molar-refractivity contribution is 7.08. The van der Waals surface area contributed by atoms with Crippen molar-refractivity contribution in [3.8, 4) is 0 Å². The van der Waals surface area contributed by atoms with Crippen LogP contribution in [0.15, 0.2) is 10.8 Å². The van der Waals surface area contributed by atoms with Gasteiger partial charge in [-0.2, -0.15) is 11.3 Å². The summed E-state index contributed by atoms with van der Waals surface area (Å²) in [5.74, 6) is 0. The Hall–Kier alpha value is -0.300. The van der Waals surface area contributed by atoms with Crippen LogP contribution in [-0.4, -0.2) is 0 Å². The number of hydrogen-bond donors (Lipinski definition) is 0. The summed E-state index contributed by atoms with van der Waals surface area (Å²) in [6.07, 6.45) is 3.90. The Labute approximate surface area is 66.9 Å². The van der Waals surface area contributed by atoms with Gasteiger partial charge in [-0.25, -0.2) is 0 Å². The van der Waals surface area contributed by atoms with Crippen LogP contribution in [0.4, 0.5) is 0 Å². The van der Waals surface area contributed by atoms with Crippen molar-refractivity contribution >= 4 is 11.3 Å². The Kier molecular flexibility index (Phi) is 2.94. The second-order valence-electron chi connectivity index (χ2n) is 2.68. The maximum absolute atomic E-state index is 2.27. The van der Waals surface area contributed by atoms with Gasteiger partial charge in [0.05, 0.1) is 0 Å². The summed E-state index contributed by atoms with van der Waals surface area (Å²) >= 11 is 1.82. The Balaban J connectivity index is 2.49. The van der Waals surface area contributed by atoms with Gasteiger partial charge in [-0.15, -0.1) is 0 Å². The van der Waals surface area contributed by atoms with Gasteiger partial charge in [0.15, 0.2) is 0 Å². The van der Waals surface area contributed by atoms with E-state index in [2.05, 4.69) is 24.6 Å². The number of unbranched alkanes of at least 4 members (excludes halogenated alkanes) is 1. The Morgan fingerprint density at radius 2 is 2.20 bits per heavy atom. The lowest BCUT2D eigenvalue weighted by Gasteiger charge is -1.95. The average molecular weight is 154 g/mol. The van der Waals surface area contributed by atoms with E-state index in [4.69, 9.17) is 0 Å². The summed E-state index contributed by atoms with van der Waals surface area (Å²) in [5, 5.41) is 4.50. The minimum Gasteiger partial charge on any atom is -0.152 e. The molecule has 1 aromatic rings. The van der Waals surface area contributed by atoms with Gasteiger partial charge in [0.2, 0.25) is 0 Å². The van der Waals surface area contributed by atoms with Gasteiger partial charge in [0, 0.05) is 0 Å². The van der Waals surface area contributed by atoms with Crippen molar-refractivity contribution in [3.05, 3.63) is 21.9 Å². The van der Waals surface area contributed by atoms with Crippen LogP contribution in [0, 0.1) is 6.92 Å². The molecular weight excluding hydrogens is 140 g/mol. The maximum Gasteiger partial charge on any atom is -0.00585 e. The fourth-order valence-electron chi connectivity index (χ4n) is 1.01. The summed E-state index contributed by atoms with van der Waals surface area (Å²) < 4.78 is 0. The van der Waals surface area contributed by atoms with Gasteiger partial charge in [-0.3, -0.25) is 0 Å². The highest BCUT2D eigenvalue weighted by Crippen LogP contribution is 2.15. The zero-order valence-corrected chi connectivity index (χ0v) is 7.50. The van der Waals surface area contributed by atoms with Gasteiger partial charge < -0.3 is 0 Å². The molecule has 0 bridgehead atoms. The van der Waals surface area contributed by atoms with Crippen LogP contribution >= 0.6 is 11.3 Å². The van der Waals surface area contributed by atoms with Gasteiger partial charge in [0.25, 0.3) is 0 Å². The Bertz CT molecular complexity index is 188. The molecule has 0 radical (unpaired) electrons. The molecule has 0 aromatic carbocycles. The molecule has 0 N–H and O–H groups in total. The summed E-state index contributed by atoms with van der Waals surface area (Å²) in [7, 11) is 0. The smallest absolute Gasteiger partial charge is 0.00585 e. The maximum atomic E-state index is 2.27. The fraction of sp³-hybridized carbons (Fsp3) is 0.556. The van der Waals surface area contributed by atoms with Crippen molar-refractivity contribution in [1.82, 2.24) is 0 Å². The van der Waals surface area contributed by atoms with Crippen molar-refractivity contribution in [3.63, 3.8) is 0 Å². The molecule has 0 atom stereocenters. The van der Waals surface area contributed by atoms with Crippen LogP contribution in [0.25, 0.3) is 0 Å². The normalized spacial score (nSPS) is 10.2. The van der Waals surface area contributed by atoms with E-state index >= 15 is 0 Å². The SMILES string of the molecule is CCCCc1cscc1C. The molecule has 0 nitrogen and oxygen atoms in total. The molecule has 1 rings (SSSR count). The first-order chi connectivity index (χ1) is 4.84. The van der Waals surface area contributed by atoms with Crippen molar-refractivity contribution in [1.29, 1.82) is 0 Å². The van der Waals surface area contributed by atoms with Crippen LogP contribution in [0.2, 0.25) is 0 Å². The van der Waals surface area contributed by atoms with Gasteiger partial charge >= 0.3 is 0 Å². The molecular formula is C9H14S. The van der Waals surface area contributed by atoms with Crippen molar-refractivity contribution < 1.29 is 0 Å². The van der Waals surface area contributed by atoms with Gasteiger partial charge in [-0.05, 0) is 41.7 Å². The van der Waals surface area contributed by atoms with E-state index in [0.29, 0.717) is 0 Å². The molecule has 0 spiro atoms. The largest absolute Gasteiger partial charge is 0.152 e. The minimum absolute atomic E-state index is 1.27. The molecule has 1 heteroatoms. The highest BCUT2D eigenvalue weighted by Gasteiger charge is 1.96. The Morgan fingerprint density at radius 3 is 2.70 bits per heavy atom. The zero-order chi connectivity index (χ0) is 7.40. The molecule has 1 heterocycles. The standard InChI is InChI=1S/C9H14S/c1-3-4-5-9-7-10-6-8(9)2/h6-7H,3-5H2,1-2H3. The van der Waals surface area contributed by atoms with Gasteiger partial charge in [-0.1, -0.05) is 13.3 Å². The van der Waals surface area contributed by atoms with E-state index in [1.165, 1.54) is 24.8 Å². The van der Waals surface area contributed by atoms with E-state index in [-0.39, 0.29) is 0 Å². The first kappa shape index (κ1) is 7.80. The van der Waals surface area contributed by atoms with Crippen LogP contribution < -0.4 is 0 Å². The second kappa shape index (κ2) is 3.77. The number of aryl methyl sites for hydroxylation is 2. The zero-order valence-electron chi connectivity index (χ0n) is 6.68. The number of rotatable bonds is 3. The van der Waals surface area contributed by atoms with Crippen LogP contribution in [0.1, 0.15) is 30.9 Å². The second-order valence-corrected chi connectivity index (χ2v) is 3.43. The van der Waals surface area contributed by atoms with Crippen LogP contribution in [0.3, 0.4) is 0 Å². The lowest BCUT2D eigenvalue weighted by atomic mass is 10.1. The monoisotopic (exact) mass is 154 g/mol. The number of thiophene rings is 1. The summed E-state index contributed by atoms with van der Waals surface area (Å²) in [6.45, 7) is 4.43. The molecule has 0 aliphatic carbocycles. The number of hydrogen-bond acceptors (Lipinski definition) is 1. The van der Waals surface area contributed by atoms with Crippen LogP contribution in [0.5, 0.6) is 0 Å². The topological polar surface area (TPSA) is 0 Å². The summed E-state index contributed by atoms with van der Waals surface area (Å²) in [6, 6.07) is 0. The van der Waals surface area contributed by atoms with E-state index in [1.807, 2.05) is 11.3 Å². The van der Waals surface area contributed by atoms with Crippen molar-refractivity contribution in [2.45, 2.75) is 33.1 Å². The first-order valence-corrected chi connectivity index (χ1v) is 4.80. The molecule has 0 aliphatic rings. The minimum atomic E-state index is 1.27. The molecule has 0 saturated carbocycles. The molecule has 0 aliphatic heterocycles. The third-order valence-electron chi connectivity index (χ3n) is 1.76. The molecule has 0 unspecified atom stereocenters. The fourth-order valence-corrected chi connectivity index (χ4v) is 1.90. The third kappa shape index (κ3) is 1.84. The van der Waals surface area contributed by atoms with Crippen molar-refractivity contribution in [2.75, 3.05) is 0 Å². The van der Waals surface area contributed by atoms with E-state index in [0.717, 1.165) is 0 Å². The van der Waals surface area contributed by atoms with Crippen LogP contribution in [-0.2, 0) is 6.42 Å². The molecule has 10 heavy (non-hydrogen) atoms. The average Bonchev–Trinajstić information content (AvgIpc) is 2.31. The predicted molar refractivity (Wildman–Crippen MR) is 47.7 cm³/mol. The summed E-state index contributed by atoms with van der Waals surface area (Å²) in [5.41, 5.74) is 3.02. The first-order valence-electron chi connectivity index (χ1n) is 3.86. The van der Waals surface area contributed by atoms with Crippen molar-refractivity contribution in [2.24, 2.45) is 0 Å². The molecule has 0 saturated heterocycles. The highest BCUT2D eigenvalue weighted by atomic mass is 32.1. The van der Waals surface area contributed by atoms with E-state index in [9.17, 15) is 0 Å². The summed E-state index contributed by atoms with van der Waals surface area (Å²) in [4.78, 5) is 0. The molecule has 0 fully saturated rings. The molecule has 56 valence electrons.